The van der Waals surface area contributed by atoms with Gasteiger partial charge in [-0.3, -0.25) is 4.79 Å². The molecule has 7 heteroatoms. The van der Waals surface area contributed by atoms with Gasteiger partial charge in [-0.15, -0.1) is 23.7 Å². The van der Waals surface area contributed by atoms with E-state index < -0.39 is 0 Å². The average Bonchev–Trinajstić information content (AvgIpc) is 3.09. The third-order valence-corrected chi connectivity index (χ3v) is 5.60. The standard InChI is InChI=1S/C20H25FN2O2S.ClH/c1-14(2)23(20(24)11-17-13-25-10-9-22-17)12-18-7-8-19(26-18)15-3-5-16(21)6-4-15;/h3-8,14,17,22H,9-13H2,1-2H3;1H. The quantitative estimate of drug-likeness (QED) is 0.776. The number of carbonyl (C=O) groups excluding carboxylic acids is 1. The summed E-state index contributed by atoms with van der Waals surface area (Å²) in [5.41, 5.74) is 0.994. The van der Waals surface area contributed by atoms with Gasteiger partial charge in [-0.05, 0) is 43.7 Å². The molecule has 148 valence electrons. The number of morpholine rings is 1. The van der Waals surface area contributed by atoms with Gasteiger partial charge >= 0.3 is 0 Å². The van der Waals surface area contributed by atoms with Crippen LogP contribution in [0.15, 0.2) is 36.4 Å². The molecule has 1 unspecified atom stereocenters. The number of thiophene rings is 1. The third kappa shape index (κ3) is 6.01. The van der Waals surface area contributed by atoms with E-state index in [9.17, 15) is 9.18 Å². The predicted octanol–water partition coefficient (Wildman–Crippen LogP) is 4.09. The molecule has 1 aliphatic rings. The van der Waals surface area contributed by atoms with Crippen molar-refractivity contribution in [1.29, 1.82) is 0 Å². The Balaban J connectivity index is 0.00000261. The minimum absolute atomic E-state index is 0. The van der Waals surface area contributed by atoms with Crippen LogP contribution in [-0.2, 0) is 16.1 Å². The number of benzene rings is 1. The zero-order valence-corrected chi connectivity index (χ0v) is 17.2. The number of nitrogens with zero attached hydrogens (tertiary/aromatic N) is 1. The van der Waals surface area contributed by atoms with E-state index in [1.165, 1.54) is 12.1 Å². The number of hydrogen-bond donors (Lipinski definition) is 1. The first-order valence-corrected chi connectivity index (χ1v) is 9.80. The van der Waals surface area contributed by atoms with Crippen LogP contribution in [0.4, 0.5) is 4.39 Å². The summed E-state index contributed by atoms with van der Waals surface area (Å²) in [5, 5.41) is 3.34. The van der Waals surface area contributed by atoms with E-state index in [4.69, 9.17) is 4.74 Å². The third-order valence-electron chi connectivity index (χ3n) is 4.48. The van der Waals surface area contributed by atoms with E-state index >= 15 is 0 Å². The Labute approximate surface area is 170 Å². The van der Waals surface area contributed by atoms with Crippen molar-refractivity contribution in [2.75, 3.05) is 19.8 Å². The summed E-state index contributed by atoms with van der Waals surface area (Å²) in [4.78, 5) is 16.9. The monoisotopic (exact) mass is 412 g/mol. The van der Waals surface area contributed by atoms with Crippen molar-refractivity contribution < 1.29 is 13.9 Å². The predicted molar refractivity (Wildman–Crippen MR) is 110 cm³/mol. The molecule has 3 rings (SSSR count). The molecule has 2 heterocycles. The highest BCUT2D eigenvalue weighted by molar-refractivity contribution is 7.15. The molecular formula is C20H26ClFN2O2S. The molecule has 1 N–H and O–H groups in total. The molecule has 1 saturated heterocycles. The molecule has 0 aliphatic carbocycles. The van der Waals surface area contributed by atoms with Crippen molar-refractivity contribution in [2.24, 2.45) is 0 Å². The van der Waals surface area contributed by atoms with Crippen LogP contribution in [0.5, 0.6) is 0 Å². The van der Waals surface area contributed by atoms with Gasteiger partial charge in [0, 0.05) is 34.8 Å². The molecule has 2 aromatic rings. The number of rotatable bonds is 6. The van der Waals surface area contributed by atoms with Crippen LogP contribution < -0.4 is 5.32 Å². The summed E-state index contributed by atoms with van der Waals surface area (Å²) in [6, 6.07) is 10.8. The van der Waals surface area contributed by atoms with Crippen molar-refractivity contribution >= 4 is 29.7 Å². The maximum Gasteiger partial charge on any atom is 0.224 e. The van der Waals surface area contributed by atoms with E-state index in [1.807, 2.05) is 30.9 Å². The smallest absolute Gasteiger partial charge is 0.224 e. The molecule has 4 nitrogen and oxygen atoms in total. The van der Waals surface area contributed by atoms with Gasteiger partial charge in [0.05, 0.1) is 19.8 Å². The second-order valence-corrected chi connectivity index (χ2v) is 7.99. The lowest BCUT2D eigenvalue weighted by Crippen LogP contribution is -2.46. The van der Waals surface area contributed by atoms with Gasteiger partial charge in [-0.25, -0.2) is 4.39 Å². The first-order valence-electron chi connectivity index (χ1n) is 8.98. The van der Waals surface area contributed by atoms with Gasteiger partial charge in [0.2, 0.25) is 5.91 Å². The normalized spacial score (nSPS) is 16.8. The molecule has 0 radical (unpaired) electrons. The number of amides is 1. The van der Waals surface area contributed by atoms with E-state index in [1.54, 1.807) is 23.5 Å². The van der Waals surface area contributed by atoms with E-state index in [2.05, 4.69) is 5.32 Å². The Morgan fingerprint density at radius 2 is 2.04 bits per heavy atom. The molecule has 1 aromatic heterocycles. The van der Waals surface area contributed by atoms with Crippen molar-refractivity contribution in [3.8, 4) is 10.4 Å². The molecule has 1 aliphatic heterocycles. The fourth-order valence-electron chi connectivity index (χ4n) is 3.04. The van der Waals surface area contributed by atoms with Crippen LogP contribution in [0, 0.1) is 5.82 Å². The van der Waals surface area contributed by atoms with Gasteiger partial charge in [-0.2, -0.15) is 0 Å². The lowest BCUT2D eigenvalue weighted by atomic mass is 10.1. The fourth-order valence-corrected chi connectivity index (χ4v) is 4.05. The zero-order valence-electron chi connectivity index (χ0n) is 15.6. The molecule has 1 fully saturated rings. The summed E-state index contributed by atoms with van der Waals surface area (Å²) in [7, 11) is 0. The Hall–Kier alpha value is -1.47. The van der Waals surface area contributed by atoms with Crippen molar-refractivity contribution in [1.82, 2.24) is 10.2 Å². The highest BCUT2D eigenvalue weighted by atomic mass is 35.5. The van der Waals surface area contributed by atoms with Gasteiger partial charge in [0.1, 0.15) is 5.82 Å². The molecule has 1 amide bonds. The molecule has 1 aromatic carbocycles. The average molecular weight is 413 g/mol. The topological polar surface area (TPSA) is 41.6 Å². The maximum absolute atomic E-state index is 13.1. The SMILES string of the molecule is CC(C)N(Cc1ccc(-c2ccc(F)cc2)s1)C(=O)CC1COCCN1.Cl. The molecular weight excluding hydrogens is 387 g/mol. The lowest BCUT2D eigenvalue weighted by molar-refractivity contribution is -0.134. The summed E-state index contributed by atoms with van der Waals surface area (Å²) in [6.07, 6.45) is 0.453. The lowest BCUT2D eigenvalue weighted by Gasteiger charge is -2.30. The number of nitrogens with one attached hydrogen (secondary N) is 1. The zero-order chi connectivity index (χ0) is 18.5. The van der Waals surface area contributed by atoms with Crippen LogP contribution in [0.1, 0.15) is 25.1 Å². The van der Waals surface area contributed by atoms with Gasteiger partial charge < -0.3 is 15.0 Å². The second-order valence-electron chi connectivity index (χ2n) is 6.82. The Morgan fingerprint density at radius 1 is 1.30 bits per heavy atom. The first kappa shape index (κ1) is 21.8. The Bertz CT molecular complexity index is 730. The van der Waals surface area contributed by atoms with Crippen molar-refractivity contribution in [3.63, 3.8) is 0 Å². The molecule has 0 spiro atoms. The van der Waals surface area contributed by atoms with Gasteiger partial charge in [0.15, 0.2) is 0 Å². The summed E-state index contributed by atoms with van der Waals surface area (Å²) in [6.45, 7) is 6.77. The number of carbonyl (C=O) groups is 1. The molecule has 1 atom stereocenters. The Morgan fingerprint density at radius 3 is 2.67 bits per heavy atom. The largest absolute Gasteiger partial charge is 0.378 e. The number of hydrogen-bond acceptors (Lipinski definition) is 4. The van der Waals surface area contributed by atoms with Crippen molar-refractivity contribution in [3.05, 3.63) is 47.1 Å². The summed E-state index contributed by atoms with van der Waals surface area (Å²) >= 11 is 1.64. The van der Waals surface area contributed by atoms with E-state index in [-0.39, 0.29) is 36.2 Å². The summed E-state index contributed by atoms with van der Waals surface area (Å²) < 4.78 is 18.5. The van der Waals surface area contributed by atoms with Crippen LogP contribution in [-0.4, -0.2) is 42.6 Å². The van der Waals surface area contributed by atoms with E-state index in [0.29, 0.717) is 26.2 Å². The molecule has 27 heavy (non-hydrogen) atoms. The Kier molecular flexibility index (Phi) is 8.23. The molecule has 0 bridgehead atoms. The molecule has 0 saturated carbocycles. The highest BCUT2D eigenvalue weighted by Gasteiger charge is 2.23. The van der Waals surface area contributed by atoms with Crippen LogP contribution in [0.25, 0.3) is 10.4 Å². The number of halogens is 2. The first-order chi connectivity index (χ1) is 12.5. The highest BCUT2D eigenvalue weighted by Crippen LogP contribution is 2.29. The van der Waals surface area contributed by atoms with Crippen LogP contribution >= 0.6 is 23.7 Å². The second kappa shape index (κ2) is 10.2. The van der Waals surface area contributed by atoms with Crippen LogP contribution in [0.2, 0.25) is 0 Å². The van der Waals surface area contributed by atoms with Crippen molar-refractivity contribution in [2.45, 2.75) is 38.9 Å². The fraction of sp³-hybridized carbons (Fsp3) is 0.450. The minimum Gasteiger partial charge on any atom is -0.378 e. The maximum atomic E-state index is 13.1. The van der Waals surface area contributed by atoms with Gasteiger partial charge in [-0.1, -0.05) is 12.1 Å². The summed E-state index contributed by atoms with van der Waals surface area (Å²) in [5.74, 6) is -0.0952. The van der Waals surface area contributed by atoms with Crippen LogP contribution in [0.3, 0.4) is 0 Å². The van der Waals surface area contributed by atoms with Gasteiger partial charge in [0.25, 0.3) is 0 Å². The minimum atomic E-state index is -0.234. The van der Waals surface area contributed by atoms with E-state index in [0.717, 1.165) is 21.9 Å². The number of ether oxygens (including phenoxy) is 1.